The summed E-state index contributed by atoms with van der Waals surface area (Å²) >= 11 is 1.59. The van der Waals surface area contributed by atoms with Crippen LogP contribution in [-0.2, 0) is 9.59 Å². The van der Waals surface area contributed by atoms with Gasteiger partial charge in [0.1, 0.15) is 5.82 Å². The van der Waals surface area contributed by atoms with E-state index in [-0.39, 0.29) is 0 Å². The molecule has 0 spiro atoms. The van der Waals surface area contributed by atoms with Crippen LogP contribution in [0.5, 0.6) is 0 Å². The van der Waals surface area contributed by atoms with Gasteiger partial charge in [-0.3, -0.25) is 0 Å². The SMILES string of the molecule is O=C(O)/C=C/c1ccc(-c2nc(-c3cccs3)[nH]c2-c2ccc(/C=C/C(=O)O)cc2)cc1. The molecule has 2 aromatic heterocycles. The quantitative estimate of drug-likeness (QED) is 0.320. The highest BCUT2D eigenvalue weighted by molar-refractivity contribution is 7.13. The van der Waals surface area contributed by atoms with E-state index in [2.05, 4.69) is 4.98 Å². The van der Waals surface area contributed by atoms with E-state index in [0.29, 0.717) is 0 Å². The summed E-state index contributed by atoms with van der Waals surface area (Å²) in [5.74, 6) is -1.23. The number of hydrogen-bond donors (Lipinski definition) is 3. The molecule has 0 bridgehead atoms. The van der Waals surface area contributed by atoms with Gasteiger partial charge >= 0.3 is 11.9 Å². The van der Waals surface area contributed by atoms with Gasteiger partial charge in [0.05, 0.1) is 16.3 Å². The molecule has 4 rings (SSSR count). The molecule has 3 N–H and O–H groups in total. The number of aromatic amines is 1. The Bertz CT molecular complexity index is 1210. The Morgan fingerprint density at radius 2 is 1.38 bits per heavy atom. The first kappa shape index (κ1) is 21.0. The number of rotatable bonds is 7. The zero-order chi connectivity index (χ0) is 22.5. The molecular formula is C25H18N2O4S. The fourth-order valence-corrected chi connectivity index (χ4v) is 3.84. The number of nitrogens with zero attached hydrogens (tertiary/aromatic N) is 1. The average molecular weight is 442 g/mol. The van der Waals surface area contributed by atoms with Crippen molar-refractivity contribution in [3.05, 3.63) is 89.3 Å². The van der Waals surface area contributed by atoms with Crippen molar-refractivity contribution in [3.63, 3.8) is 0 Å². The van der Waals surface area contributed by atoms with Gasteiger partial charge < -0.3 is 15.2 Å². The molecule has 0 aliphatic rings. The molecule has 2 aromatic carbocycles. The van der Waals surface area contributed by atoms with Crippen molar-refractivity contribution in [2.24, 2.45) is 0 Å². The molecule has 0 aliphatic carbocycles. The van der Waals surface area contributed by atoms with Gasteiger partial charge in [-0.1, -0.05) is 54.6 Å². The molecule has 6 nitrogen and oxygen atoms in total. The van der Waals surface area contributed by atoms with Crippen LogP contribution in [0.4, 0.5) is 0 Å². The maximum absolute atomic E-state index is 10.7. The number of nitrogens with one attached hydrogen (secondary N) is 1. The van der Waals surface area contributed by atoms with Crippen LogP contribution >= 0.6 is 11.3 Å². The first-order chi connectivity index (χ1) is 15.5. The summed E-state index contributed by atoms with van der Waals surface area (Å²) in [6.07, 6.45) is 5.29. The van der Waals surface area contributed by atoms with Gasteiger partial charge in [0, 0.05) is 23.3 Å². The molecule has 0 amide bonds. The van der Waals surface area contributed by atoms with Crippen LogP contribution in [0.1, 0.15) is 11.1 Å². The molecule has 158 valence electrons. The number of imidazole rings is 1. The van der Waals surface area contributed by atoms with E-state index in [4.69, 9.17) is 15.2 Å². The fraction of sp³-hybridized carbons (Fsp3) is 0. The third kappa shape index (κ3) is 4.91. The van der Waals surface area contributed by atoms with Crippen molar-refractivity contribution in [1.29, 1.82) is 0 Å². The molecular weight excluding hydrogens is 424 g/mol. The second kappa shape index (κ2) is 9.28. The van der Waals surface area contributed by atoms with E-state index in [9.17, 15) is 9.59 Å². The monoisotopic (exact) mass is 442 g/mol. The summed E-state index contributed by atoms with van der Waals surface area (Å²) in [4.78, 5) is 30.8. The van der Waals surface area contributed by atoms with Gasteiger partial charge in [0.25, 0.3) is 0 Å². The standard InChI is InChI=1S/C25H18N2O4S/c28-21(29)13-7-16-3-9-18(10-4-16)23-24(27-25(26-23)20-2-1-15-32-20)19-11-5-17(6-12-19)8-14-22(30)31/h1-15H,(H,26,27)(H,28,29)(H,30,31)/b13-7+,14-8+. The number of aromatic nitrogens is 2. The first-order valence-corrected chi connectivity index (χ1v) is 10.5. The van der Waals surface area contributed by atoms with Crippen LogP contribution in [0.2, 0.25) is 0 Å². The molecule has 4 aromatic rings. The van der Waals surface area contributed by atoms with Crippen molar-refractivity contribution < 1.29 is 19.8 Å². The smallest absolute Gasteiger partial charge is 0.328 e. The third-order valence-electron chi connectivity index (χ3n) is 4.68. The number of carbonyl (C=O) groups is 2. The summed E-state index contributed by atoms with van der Waals surface area (Å²) < 4.78 is 0. The highest BCUT2D eigenvalue weighted by Gasteiger charge is 2.16. The van der Waals surface area contributed by atoms with Crippen LogP contribution in [-0.4, -0.2) is 32.1 Å². The largest absolute Gasteiger partial charge is 0.478 e. The van der Waals surface area contributed by atoms with Gasteiger partial charge in [-0.05, 0) is 34.7 Å². The van der Waals surface area contributed by atoms with Gasteiger partial charge in [0.15, 0.2) is 0 Å². The van der Waals surface area contributed by atoms with Gasteiger partial charge in [-0.15, -0.1) is 11.3 Å². The van der Waals surface area contributed by atoms with Crippen molar-refractivity contribution >= 4 is 35.4 Å². The summed E-state index contributed by atoms with van der Waals surface area (Å²) in [6.45, 7) is 0. The number of thiophene rings is 1. The lowest BCUT2D eigenvalue weighted by Crippen LogP contribution is -1.87. The van der Waals surface area contributed by atoms with Crippen LogP contribution in [0.15, 0.2) is 78.2 Å². The van der Waals surface area contributed by atoms with E-state index < -0.39 is 11.9 Å². The van der Waals surface area contributed by atoms with Crippen LogP contribution in [0.3, 0.4) is 0 Å². The lowest BCUT2D eigenvalue weighted by atomic mass is 10.0. The second-order valence-corrected chi connectivity index (χ2v) is 7.82. The number of carboxylic acid groups (broad SMARTS) is 2. The van der Waals surface area contributed by atoms with Crippen LogP contribution < -0.4 is 0 Å². The molecule has 7 heteroatoms. The molecule has 0 saturated heterocycles. The minimum absolute atomic E-state index is 0.759. The van der Waals surface area contributed by atoms with Gasteiger partial charge in [0.2, 0.25) is 0 Å². The highest BCUT2D eigenvalue weighted by atomic mass is 32.1. The molecule has 0 unspecified atom stereocenters. The Labute approximate surface area is 187 Å². The molecule has 0 saturated carbocycles. The number of carboxylic acids is 2. The predicted octanol–water partition coefficient (Wildman–Crippen LogP) is 5.67. The zero-order valence-electron chi connectivity index (χ0n) is 16.7. The average Bonchev–Trinajstić information content (AvgIpc) is 3.47. The second-order valence-electron chi connectivity index (χ2n) is 6.87. The Morgan fingerprint density at radius 3 is 1.88 bits per heavy atom. The number of hydrogen-bond acceptors (Lipinski definition) is 4. The Kier molecular flexibility index (Phi) is 6.10. The number of H-pyrrole nitrogens is 1. The van der Waals surface area contributed by atoms with E-state index in [0.717, 1.165) is 56.5 Å². The first-order valence-electron chi connectivity index (χ1n) is 9.66. The summed E-state index contributed by atoms with van der Waals surface area (Å²) in [7, 11) is 0. The Hall–Kier alpha value is -4.23. The minimum Gasteiger partial charge on any atom is -0.478 e. The maximum Gasteiger partial charge on any atom is 0.328 e. The van der Waals surface area contributed by atoms with Crippen LogP contribution in [0.25, 0.3) is 45.4 Å². The molecule has 0 atom stereocenters. The molecule has 2 heterocycles. The lowest BCUT2D eigenvalue weighted by molar-refractivity contribution is -0.132. The van der Waals surface area contributed by atoms with Crippen molar-refractivity contribution in [3.8, 4) is 33.2 Å². The minimum atomic E-state index is -0.995. The van der Waals surface area contributed by atoms with E-state index >= 15 is 0 Å². The summed E-state index contributed by atoms with van der Waals surface area (Å²) in [6, 6.07) is 19.0. The summed E-state index contributed by atoms with van der Waals surface area (Å²) in [5, 5.41) is 19.6. The van der Waals surface area contributed by atoms with Gasteiger partial charge in [-0.2, -0.15) is 0 Å². The third-order valence-corrected chi connectivity index (χ3v) is 5.56. The Morgan fingerprint density at radius 1 is 0.812 bits per heavy atom. The topological polar surface area (TPSA) is 103 Å². The van der Waals surface area contributed by atoms with Gasteiger partial charge in [-0.25, -0.2) is 14.6 Å². The zero-order valence-corrected chi connectivity index (χ0v) is 17.5. The van der Waals surface area contributed by atoms with Crippen molar-refractivity contribution in [2.75, 3.05) is 0 Å². The maximum atomic E-state index is 10.7. The van der Waals surface area contributed by atoms with E-state index in [1.807, 2.05) is 66.0 Å². The van der Waals surface area contributed by atoms with Crippen molar-refractivity contribution in [2.45, 2.75) is 0 Å². The van der Waals surface area contributed by atoms with E-state index in [1.165, 1.54) is 6.08 Å². The fourth-order valence-electron chi connectivity index (χ4n) is 3.17. The molecule has 32 heavy (non-hydrogen) atoms. The number of aliphatic carboxylic acids is 2. The van der Waals surface area contributed by atoms with Crippen molar-refractivity contribution in [1.82, 2.24) is 9.97 Å². The molecule has 0 fully saturated rings. The normalized spacial score (nSPS) is 11.4. The predicted molar refractivity (Wildman–Crippen MR) is 126 cm³/mol. The number of benzene rings is 2. The Balaban J connectivity index is 1.73. The molecule has 0 aliphatic heterocycles. The van der Waals surface area contributed by atoms with Crippen LogP contribution in [0, 0.1) is 0 Å². The lowest BCUT2D eigenvalue weighted by Gasteiger charge is -2.05. The van der Waals surface area contributed by atoms with E-state index in [1.54, 1.807) is 17.4 Å². The molecule has 0 radical (unpaired) electrons. The highest BCUT2D eigenvalue weighted by Crippen LogP contribution is 2.34. The summed E-state index contributed by atoms with van der Waals surface area (Å²) in [5.41, 5.74) is 4.98.